The molecule has 0 bridgehead atoms. The number of aromatic nitrogens is 1. The van der Waals surface area contributed by atoms with Crippen LogP contribution in [0.25, 0.3) is 6.08 Å². The van der Waals surface area contributed by atoms with Crippen molar-refractivity contribution in [1.29, 1.82) is 5.26 Å². The van der Waals surface area contributed by atoms with Crippen LogP contribution in [0.15, 0.2) is 34.0 Å². The molecular formula is C27H31N5O2S2. The third-order valence-electron chi connectivity index (χ3n) is 6.89. The molecule has 4 rings (SSSR count). The number of anilines is 1. The predicted octanol–water partition coefficient (Wildman–Crippen LogP) is 3.90. The van der Waals surface area contributed by atoms with Gasteiger partial charge < -0.3 is 9.80 Å². The maximum Gasteiger partial charge on any atom is 0.270 e. The molecule has 3 heterocycles. The summed E-state index contributed by atoms with van der Waals surface area (Å²) in [4.78, 5) is 33.4. The fraction of sp³-hybridized carbons (Fsp3) is 0.407. The summed E-state index contributed by atoms with van der Waals surface area (Å²) in [7, 11) is 0. The van der Waals surface area contributed by atoms with Gasteiger partial charge in [-0.1, -0.05) is 60.7 Å². The first-order valence-corrected chi connectivity index (χ1v) is 13.5. The fourth-order valence-corrected chi connectivity index (χ4v) is 5.93. The Bertz CT molecular complexity index is 1320. The van der Waals surface area contributed by atoms with Crippen molar-refractivity contribution in [1.82, 2.24) is 14.4 Å². The third kappa shape index (κ3) is 4.99. The minimum absolute atomic E-state index is 0.120. The van der Waals surface area contributed by atoms with Crippen molar-refractivity contribution in [3.05, 3.63) is 67.3 Å². The number of benzene rings is 1. The van der Waals surface area contributed by atoms with Gasteiger partial charge >= 0.3 is 0 Å². The van der Waals surface area contributed by atoms with Crippen LogP contribution in [-0.2, 0) is 17.9 Å². The number of pyridine rings is 1. The van der Waals surface area contributed by atoms with E-state index in [1.807, 2.05) is 44.2 Å². The van der Waals surface area contributed by atoms with Crippen molar-refractivity contribution in [3.8, 4) is 6.07 Å². The van der Waals surface area contributed by atoms with Crippen molar-refractivity contribution in [2.45, 2.75) is 40.8 Å². The molecule has 1 aromatic carbocycles. The van der Waals surface area contributed by atoms with E-state index in [4.69, 9.17) is 12.2 Å². The van der Waals surface area contributed by atoms with Crippen LogP contribution >= 0.6 is 24.0 Å². The lowest BCUT2D eigenvalue weighted by Crippen LogP contribution is -2.48. The highest BCUT2D eigenvalue weighted by Gasteiger charge is 2.33. The van der Waals surface area contributed by atoms with Crippen molar-refractivity contribution < 1.29 is 4.79 Å². The van der Waals surface area contributed by atoms with Crippen LogP contribution < -0.4 is 10.5 Å². The van der Waals surface area contributed by atoms with Crippen LogP contribution in [0.4, 0.5) is 5.82 Å². The lowest BCUT2D eigenvalue weighted by atomic mass is 10.0. The Hall–Kier alpha value is -2.93. The number of piperazine rings is 1. The molecule has 188 valence electrons. The summed E-state index contributed by atoms with van der Waals surface area (Å²) in [5.41, 5.74) is 3.35. The molecule has 1 amide bonds. The third-order valence-corrected chi connectivity index (χ3v) is 8.27. The van der Waals surface area contributed by atoms with Gasteiger partial charge in [0.25, 0.3) is 11.5 Å². The number of likely N-dealkylation sites (N-methyl/N-ethyl adjacent to an activating group) is 1. The zero-order valence-electron chi connectivity index (χ0n) is 21.2. The molecule has 9 heteroatoms. The molecule has 0 saturated carbocycles. The zero-order chi connectivity index (χ0) is 26.0. The van der Waals surface area contributed by atoms with Gasteiger partial charge in [0, 0.05) is 38.3 Å². The minimum atomic E-state index is -0.283. The van der Waals surface area contributed by atoms with E-state index in [1.54, 1.807) is 16.4 Å². The summed E-state index contributed by atoms with van der Waals surface area (Å²) in [6.45, 7) is 13.0. The van der Waals surface area contributed by atoms with Gasteiger partial charge in [0.05, 0.1) is 11.4 Å². The number of aryl methyl sites for hydroxylation is 1. The Morgan fingerprint density at radius 3 is 2.31 bits per heavy atom. The molecule has 2 aliphatic heterocycles. The van der Waals surface area contributed by atoms with E-state index in [2.05, 4.69) is 22.8 Å². The van der Waals surface area contributed by atoms with Gasteiger partial charge in [-0.2, -0.15) is 5.26 Å². The van der Waals surface area contributed by atoms with Gasteiger partial charge in [0.1, 0.15) is 21.8 Å². The number of thioether (sulfide) groups is 1. The van der Waals surface area contributed by atoms with E-state index >= 15 is 0 Å². The number of amides is 1. The second-order valence-corrected chi connectivity index (χ2v) is 10.7. The van der Waals surface area contributed by atoms with Crippen LogP contribution in [0, 0.1) is 25.2 Å². The van der Waals surface area contributed by atoms with Gasteiger partial charge in [-0.3, -0.25) is 19.1 Å². The molecule has 0 atom stereocenters. The first-order valence-electron chi connectivity index (χ1n) is 12.2. The van der Waals surface area contributed by atoms with Crippen LogP contribution in [-0.4, -0.2) is 57.3 Å². The summed E-state index contributed by atoms with van der Waals surface area (Å²) in [5, 5.41) is 9.79. The average molecular weight is 522 g/mol. The van der Waals surface area contributed by atoms with E-state index in [1.165, 1.54) is 11.8 Å². The standard InChI is InChI=1S/C27H31N5O2S2/c1-5-29-11-13-30(14-12-29)24-21(19(4)22(16-28)25(33)31(24)6-2)15-23-26(34)32(27(35)36-23)17-20-9-7-18(3)8-10-20/h7-10,15H,5-6,11-14,17H2,1-4H3/b23-15-. The number of hydrogen-bond acceptors (Lipinski definition) is 7. The molecule has 2 aliphatic rings. The fourth-order valence-electron chi connectivity index (χ4n) is 4.70. The van der Waals surface area contributed by atoms with Gasteiger partial charge in [0.2, 0.25) is 0 Å². The Balaban J connectivity index is 1.77. The van der Waals surface area contributed by atoms with Gasteiger partial charge in [-0.05, 0) is 44.5 Å². The molecule has 0 N–H and O–H groups in total. The minimum Gasteiger partial charge on any atom is -0.355 e. The maximum atomic E-state index is 13.4. The highest BCUT2D eigenvalue weighted by Crippen LogP contribution is 2.36. The van der Waals surface area contributed by atoms with Crippen molar-refractivity contribution in [2.75, 3.05) is 37.6 Å². The van der Waals surface area contributed by atoms with Gasteiger partial charge in [-0.15, -0.1) is 0 Å². The molecule has 1 aromatic heterocycles. The smallest absolute Gasteiger partial charge is 0.270 e. The number of nitriles is 1. The van der Waals surface area contributed by atoms with Crippen LogP contribution in [0.3, 0.4) is 0 Å². The highest BCUT2D eigenvalue weighted by atomic mass is 32.2. The Morgan fingerprint density at radius 1 is 1.06 bits per heavy atom. The normalized spacial score (nSPS) is 17.8. The quantitative estimate of drug-likeness (QED) is 0.422. The summed E-state index contributed by atoms with van der Waals surface area (Å²) in [6, 6.07) is 10.2. The molecule has 0 spiro atoms. The number of carbonyl (C=O) groups is 1. The molecule has 2 saturated heterocycles. The van der Waals surface area contributed by atoms with Gasteiger partial charge in [-0.25, -0.2) is 0 Å². The summed E-state index contributed by atoms with van der Waals surface area (Å²) >= 11 is 6.84. The zero-order valence-corrected chi connectivity index (χ0v) is 22.8. The van der Waals surface area contributed by atoms with E-state index in [0.717, 1.165) is 55.2 Å². The lowest BCUT2D eigenvalue weighted by Gasteiger charge is -2.37. The topological polar surface area (TPSA) is 72.6 Å². The van der Waals surface area contributed by atoms with E-state index in [0.29, 0.717) is 27.9 Å². The molecule has 0 radical (unpaired) electrons. The number of carbonyl (C=O) groups excluding carboxylic acids is 1. The molecule has 7 nitrogen and oxygen atoms in total. The van der Waals surface area contributed by atoms with Crippen molar-refractivity contribution in [3.63, 3.8) is 0 Å². The van der Waals surface area contributed by atoms with E-state index in [9.17, 15) is 14.9 Å². The maximum absolute atomic E-state index is 13.4. The highest BCUT2D eigenvalue weighted by molar-refractivity contribution is 8.26. The number of rotatable bonds is 6. The van der Waals surface area contributed by atoms with Gasteiger partial charge in [0.15, 0.2) is 0 Å². The van der Waals surface area contributed by atoms with Crippen LogP contribution in [0.2, 0.25) is 0 Å². The monoisotopic (exact) mass is 521 g/mol. The van der Waals surface area contributed by atoms with Crippen LogP contribution in [0.5, 0.6) is 0 Å². The molecule has 0 aliphatic carbocycles. The van der Waals surface area contributed by atoms with E-state index in [-0.39, 0.29) is 17.0 Å². The largest absolute Gasteiger partial charge is 0.355 e. The van der Waals surface area contributed by atoms with Crippen molar-refractivity contribution >= 4 is 46.1 Å². The number of thiocarbonyl (C=S) groups is 1. The summed E-state index contributed by atoms with van der Waals surface area (Å²) in [5.74, 6) is 0.623. The molecule has 36 heavy (non-hydrogen) atoms. The molecule has 0 unspecified atom stereocenters. The number of nitrogens with zero attached hydrogens (tertiary/aromatic N) is 5. The number of hydrogen-bond donors (Lipinski definition) is 0. The predicted molar refractivity (Wildman–Crippen MR) is 150 cm³/mol. The molecule has 2 aromatic rings. The Morgan fingerprint density at radius 2 is 1.72 bits per heavy atom. The molecular weight excluding hydrogens is 490 g/mol. The Labute approximate surface area is 222 Å². The lowest BCUT2D eigenvalue weighted by molar-refractivity contribution is -0.122. The first-order chi connectivity index (χ1) is 17.3. The second kappa shape index (κ2) is 11.0. The average Bonchev–Trinajstić information content (AvgIpc) is 3.14. The SMILES string of the molecule is CCN1CCN(c2c(/C=C3\SC(=S)N(Cc4ccc(C)cc4)C3=O)c(C)c(C#N)c(=O)n2CC)CC1. The van der Waals surface area contributed by atoms with Crippen LogP contribution in [0.1, 0.15) is 41.7 Å². The summed E-state index contributed by atoms with van der Waals surface area (Å²) < 4.78 is 2.18. The molecule has 2 fully saturated rings. The first kappa shape index (κ1) is 26.1. The Kier molecular flexibility index (Phi) is 7.98. The summed E-state index contributed by atoms with van der Waals surface area (Å²) in [6.07, 6.45) is 1.83. The second-order valence-electron chi connectivity index (χ2n) is 9.07. The van der Waals surface area contributed by atoms with Crippen molar-refractivity contribution in [2.24, 2.45) is 0 Å². The van der Waals surface area contributed by atoms with E-state index < -0.39 is 0 Å².